The Labute approximate surface area is 97.8 Å². The molecule has 0 aliphatic heterocycles. The smallest absolute Gasteiger partial charge is 0.153 e. The van der Waals surface area contributed by atoms with Crippen LogP contribution >= 0.6 is 15.9 Å². The lowest BCUT2D eigenvalue weighted by Crippen LogP contribution is -2.05. The van der Waals surface area contributed by atoms with Crippen LogP contribution in [0.15, 0.2) is 4.47 Å². The molecule has 0 unspecified atom stereocenters. The summed E-state index contributed by atoms with van der Waals surface area (Å²) < 4.78 is 14.2. The summed E-state index contributed by atoms with van der Waals surface area (Å²) in [6, 6.07) is 0. The zero-order valence-electron chi connectivity index (χ0n) is 9.16. The van der Waals surface area contributed by atoms with Crippen LogP contribution in [0.2, 0.25) is 0 Å². The third-order valence-electron chi connectivity index (χ3n) is 2.74. The predicted octanol–water partition coefficient (Wildman–Crippen LogP) is 3.83. The number of aldehydes is 1. The van der Waals surface area contributed by atoms with Crippen molar-refractivity contribution in [3.8, 4) is 0 Å². The summed E-state index contributed by atoms with van der Waals surface area (Å²) in [7, 11) is 0. The van der Waals surface area contributed by atoms with Crippen molar-refractivity contribution in [2.45, 2.75) is 33.6 Å². The van der Waals surface area contributed by atoms with Crippen LogP contribution < -0.4 is 0 Å². The number of halogens is 2. The van der Waals surface area contributed by atoms with Gasteiger partial charge in [0.25, 0.3) is 0 Å². The van der Waals surface area contributed by atoms with Crippen molar-refractivity contribution in [1.29, 1.82) is 0 Å². The molecule has 0 N–H and O–H groups in total. The van der Waals surface area contributed by atoms with Gasteiger partial charge >= 0.3 is 0 Å². The topological polar surface area (TPSA) is 17.1 Å². The Hall–Kier alpha value is -0.700. The minimum absolute atomic E-state index is 0.177. The van der Waals surface area contributed by atoms with Crippen LogP contribution in [0, 0.1) is 12.7 Å². The van der Waals surface area contributed by atoms with Gasteiger partial charge in [0.15, 0.2) is 6.29 Å². The molecule has 0 aliphatic carbocycles. The van der Waals surface area contributed by atoms with Gasteiger partial charge in [-0.05, 0) is 52.4 Å². The molecule has 3 heteroatoms. The van der Waals surface area contributed by atoms with E-state index in [1.807, 2.05) is 13.8 Å². The van der Waals surface area contributed by atoms with Crippen molar-refractivity contribution < 1.29 is 9.18 Å². The zero-order chi connectivity index (χ0) is 11.6. The number of hydrogen-bond acceptors (Lipinski definition) is 1. The van der Waals surface area contributed by atoms with Crippen molar-refractivity contribution in [3.63, 3.8) is 0 Å². The molecule has 0 bridgehead atoms. The van der Waals surface area contributed by atoms with Gasteiger partial charge in [-0.2, -0.15) is 0 Å². The first-order chi connectivity index (χ1) is 7.08. The monoisotopic (exact) mass is 272 g/mol. The molecule has 0 atom stereocenters. The van der Waals surface area contributed by atoms with Crippen molar-refractivity contribution in [1.82, 2.24) is 0 Å². The molecule has 0 aliphatic rings. The second kappa shape index (κ2) is 4.88. The lowest BCUT2D eigenvalue weighted by molar-refractivity contribution is 0.111. The lowest BCUT2D eigenvalue weighted by atomic mass is 9.94. The highest BCUT2D eigenvalue weighted by Gasteiger charge is 2.17. The molecule has 0 spiro atoms. The molecule has 1 rings (SSSR count). The summed E-state index contributed by atoms with van der Waals surface area (Å²) in [5.41, 5.74) is 2.99. The van der Waals surface area contributed by atoms with E-state index in [1.165, 1.54) is 0 Å². The molecule has 82 valence electrons. The minimum Gasteiger partial charge on any atom is -0.298 e. The average molecular weight is 273 g/mol. The van der Waals surface area contributed by atoms with Gasteiger partial charge in [-0.1, -0.05) is 13.8 Å². The van der Waals surface area contributed by atoms with Crippen LogP contribution in [0.25, 0.3) is 0 Å². The summed E-state index contributed by atoms with van der Waals surface area (Å²) in [6.07, 6.45) is 2.17. The number of hydrogen-bond donors (Lipinski definition) is 0. The predicted molar refractivity (Wildman–Crippen MR) is 63.0 cm³/mol. The van der Waals surface area contributed by atoms with E-state index in [9.17, 15) is 9.18 Å². The second-order valence-corrected chi connectivity index (χ2v) is 4.24. The molecule has 0 radical (unpaired) electrons. The first kappa shape index (κ1) is 12.4. The molecule has 1 aromatic rings. The Morgan fingerprint density at radius 3 is 2.20 bits per heavy atom. The van der Waals surface area contributed by atoms with Crippen LogP contribution in [0.5, 0.6) is 0 Å². The van der Waals surface area contributed by atoms with Crippen molar-refractivity contribution in [2.24, 2.45) is 0 Å². The fourth-order valence-corrected chi connectivity index (χ4v) is 2.66. The fourth-order valence-electron chi connectivity index (χ4n) is 1.92. The first-order valence-corrected chi connectivity index (χ1v) is 5.82. The van der Waals surface area contributed by atoms with E-state index in [2.05, 4.69) is 15.9 Å². The maximum Gasteiger partial charge on any atom is 0.153 e. The molecule has 15 heavy (non-hydrogen) atoms. The summed E-state index contributed by atoms with van der Waals surface area (Å²) in [5.74, 6) is -0.434. The van der Waals surface area contributed by atoms with Crippen molar-refractivity contribution >= 4 is 22.2 Å². The zero-order valence-corrected chi connectivity index (χ0v) is 10.7. The molecular formula is C12H14BrFO. The summed E-state index contributed by atoms with van der Waals surface area (Å²) >= 11 is 3.22. The van der Waals surface area contributed by atoms with Gasteiger partial charge in [0.1, 0.15) is 5.82 Å². The van der Waals surface area contributed by atoms with E-state index in [0.717, 1.165) is 29.5 Å². The van der Waals surface area contributed by atoms with E-state index in [4.69, 9.17) is 0 Å². The van der Waals surface area contributed by atoms with Crippen LogP contribution in [0.3, 0.4) is 0 Å². The summed E-state index contributed by atoms with van der Waals surface area (Å²) in [4.78, 5) is 10.8. The highest BCUT2D eigenvalue weighted by atomic mass is 79.9. The van der Waals surface area contributed by atoms with Crippen LogP contribution in [-0.4, -0.2) is 6.29 Å². The largest absolute Gasteiger partial charge is 0.298 e. The molecule has 0 aromatic heterocycles. The van der Waals surface area contributed by atoms with Crippen LogP contribution in [-0.2, 0) is 12.8 Å². The molecule has 0 heterocycles. The normalized spacial score (nSPS) is 10.5. The summed E-state index contributed by atoms with van der Waals surface area (Å²) in [6.45, 7) is 5.80. The van der Waals surface area contributed by atoms with Gasteiger partial charge < -0.3 is 0 Å². The minimum atomic E-state index is -0.434. The third kappa shape index (κ3) is 1.98. The standard InChI is InChI=1S/C12H14BrFO/c1-4-8-7(3)10(6-15)12(14)11(13)9(8)5-2/h6H,4-5H2,1-3H3. The molecule has 0 fully saturated rings. The summed E-state index contributed by atoms with van der Waals surface area (Å²) in [5, 5.41) is 0. The van der Waals surface area contributed by atoms with Gasteiger partial charge in [-0.15, -0.1) is 0 Å². The number of carbonyl (C=O) groups excluding carboxylic acids is 1. The van der Waals surface area contributed by atoms with Gasteiger partial charge in [0.2, 0.25) is 0 Å². The Kier molecular flexibility index (Phi) is 4.03. The second-order valence-electron chi connectivity index (χ2n) is 3.45. The van der Waals surface area contributed by atoms with Gasteiger partial charge in [0, 0.05) is 0 Å². The third-order valence-corrected chi connectivity index (χ3v) is 3.57. The molecule has 0 saturated heterocycles. The molecule has 0 saturated carbocycles. The Bertz CT molecular complexity index is 399. The highest BCUT2D eigenvalue weighted by molar-refractivity contribution is 9.10. The number of carbonyl (C=O) groups is 1. The number of benzene rings is 1. The van der Waals surface area contributed by atoms with E-state index in [-0.39, 0.29) is 5.56 Å². The van der Waals surface area contributed by atoms with E-state index < -0.39 is 5.82 Å². The fraction of sp³-hybridized carbons (Fsp3) is 0.417. The SMILES string of the molecule is CCc1c(C)c(C=O)c(F)c(Br)c1CC. The Morgan fingerprint density at radius 1 is 1.27 bits per heavy atom. The van der Waals surface area contributed by atoms with Crippen LogP contribution in [0.1, 0.15) is 40.9 Å². The Balaban J connectivity index is 3.64. The van der Waals surface area contributed by atoms with E-state index >= 15 is 0 Å². The quantitative estimate of drug-likeness (QED) is 0.765. The molecule has 0 amide bonds. The highest BCUT2D eigenvalue weighted by Crippen LogP contribution is 2.30. The van der Waals surface area contributed by atoms with Gasteiger partial charge in [0.05, 0.1) is 10.0 Å². The Morgan fingerprint density at radius 2 is 1.80 bits per heavy atom. The molecular weight excluding hydrogens is 259 g/mol. The number of rotatable bonds is 3. The molecule has 1 nitrogen and oxygen atoms in total. The molecule has 1 aromatic carbocycles. The van der Waals surface area contributed by atoms with E-state index in [1.54, 1.807) is 6.92 Å². The van der Waals surface area contributed by atoms with Crippen molar-refractivity contribution in [3.05, 3.63) is 32.5 Å². The van der Waals surface area contributed by atoms with Gasteiger partial charge in [-0.3, -0.25) is 4.79 Å². The van der Waals surface area contributed by atoms with Crippen LogP contribution in [0.4, 0.5) is 4.39 Å². The first-order valence-electron chi connectivity index (χ1n) is 5.02. The average Bonchev–Trinajstić information content (AvgIpc) is 2.23. The van der Waals surface area contributed by atoms with Gasteiger partial charge in [-0.25, -0.2) is 4.39 Å². The van der Waals surface area contributed by atoms with Crippen molar-refractivity contribution in [2.75, 3.05) is 0 Å². The lowest BCUT2D eigenvalue weighted by Gasteiger charge is -2.15. The maximum atomic E-state index is 13.7. The van der Waals surface area contributed by atoms with E-state index in [0.29, 0.717) is 10.8 Å². The maximum absolute atomic E-state index is 13.7.